The van der Waals surface area contributed by atoms with Gasteiger partial charge in [-0.2, -0.15) is 0 Å². The topological polar surface area (TPSA) is 316 Å². The number of aromatic nitrogens is 4. The molecule has 6 amide bonds. The summed E-state index contributed by atoms with van der Waals surface area (Å²) in [4.78, 5) is 105. The first-order chi connectivity index (χ1) is 25.6. The summed E-state index contributed by atoms with van der Waals surface area (Å²) in [6, 6.07) is -1.36. The maximum atomic E-state index is 13.9. The monoisotopic (exact) mass is 813 g/mol. The van der Waals surface area contributed by atoms with Crippen molar-refractivity contribution in [3.63, 3.8) is 0 Å². The molecule has 0 aliphatic carbocycles. The van der Waals surface area contributed by atoms with Gasteiger partial charge < -0.3 is 42.0 Å². The van der Waals surface area contributed by atoms with E-state index in [-0.39, 0.29) is 77.5 Å². The number of ether oxygens (including phenoxy) is 1. The molecule has 1 aromatic heterocycles. The van der Waals surface area contributed by atoms with E-state index >= 15 is 0 Å². The number of nitrogens with zero attached hydrogens (tertiary/aromatic N) is 7. The van der Waals surface area contributed by atoms with Crippen molar-refractivity contribution >= 4 is 101 Å². The van der Waals surface area contributed by atoms with E-state index in [2.05, 4.69) is 26.2 Å². The molecule has 2 saturated heterocycles. The van der Waals surface area contributed by atoms with E-state index in [9.17, 15) is 43.5 Å². The molecule has 25 heteroatoms. The summed E-state index contributed by atoms with van der Waals surface area (Å²) in [5.74, 6) is -6.99. The number of carboxylic acids is 2. The maximum absolute atomic E-state index is 13.9. The van der Waals surface area contributed by atoms with Gasteiger partial charge in [0, 0.05) is 38.2 Å². The van der Waals surface area contributed by atoms with E-state index in [1.165, 1.54) is 57.4 Å². The van der Waals surface area contributed by atoms with Crippen LogP contribution in [-0.2, 0) is 45.3 Å². The summed E-state index contributed by atoms with van der Waals surface area (Å²) in [6.07, 6.45) is 0. The number of imide groups is 1. The Labute approximate surface area is 342 Å². The molecule has 0 saturated carbocycles. The third-order valence-electron chi connectivity index (χ3n) is 8.58. The van der Waals surface area contributed by atoms with Crippen molar-refractivity contribution in [2.24, 2.45) is 18.5 Å². The molecule has 1 aromatic carbocycles. The summed E-state index contributed by atoms with van der Waals surface area (Å²) in [7, 11) is 1.62. The number of carbonyl (C=O) groups is 8. The first-order valence-electron chi connectivity index (χ1n) is 16.1. The molecule has 2 fully saturated rings. The Morgan fingerprint density at radius 3 is 2.33 bits per heavy atom. The number of hydrogen-bond acceptors (Lipinski definition) is 16. The van der Waals surface area contributed by atoms with Crippen LogP contribution in [0.1, 0.15) is 30.1 Å². The van der Waals surface area contributed by atoms with Gasteiger partial charge in [0.1, 0.15) is 41.8 Å². The van der Waals surface area contributed by atoms with Crippen LogP contribution < -0.4 is 22.1 Å². The van der Waals surface area contributed by atoms with Crippen molar-refractivity contribution in [3.8, 4) is 0 Å². The fourth-order valence-corrected chi connectivity index (χ4v) is 7.90. The average molecular weight is 814 g/mol. The molecule has 0 bridgehead atoms. The quantitative estimate of drug-likeness (QED) is 0.0354. The van der Waals surface area contributed by atoms with Crippen LogP contribution in [0.3, 0.4) is 0 Å². The molecule has 0 spiro atoms. The zero-order chi connectivity index (χ0) is 39.4. The van der Waals surface area contributed by atoms with Crippen LogP contribution in [0.2, 0.25) is 0 Å². The number of rotatable bonds is 14. The summed E-state index contributed by atoms with van der Waals surface area (Å²) in [5, 5.41) is 34.8. The number of urea groups is 1. The molecule has 0 radical (unpaired) electrons. The third-order valence-corrected chi connectivity index (χ3v) is 11.0. The van der Waals surface area contributed by atoms with Crippen molar-refractivity contribution in [3.05, 3.63) is 46.7 Å². The van der Waals surface area contributed by atoms with Gasteiger partial charge in [0.15, 0.2) is 0 Å². The Bertz CT molecular complexity index is 1910. The number of thioether (sulfide) groups is 2. The van der Waals surface area contributed by atoms with Gasteiger partial charge in [0.25, 0.3) is 5.91 Å². The number of amides is 6. The number of fused-ring (bicyclic) bond motifs is 1. The number of aliphatic carboxylic acids is 2. The molecule has 22 nitrogen and oxygen atoms in total. The number of β-lactam (4-membered cyclic amide) rings is 1. The Morgan fingerprint density at radius 1 is 1.05 bits per heavy atom. The van der Waals surface area contributed by atoms with Crippen LogP contribution in [0.4, 0.5) is 4.79 Å². The second-order valence-electron chi connectivity index (χ2n) is 12.0. The Balaban J connectivity index is 0.00000673. The van der Waals surface area contributed by atoms with Gasteiger partial charge in [-0.25, -0.2) is 19.1 Å². The number of likely N-dealkylation sites (N-methyl/N-ethyl adjacent to an activating group) is 1. The van der Waals surface area contributed by atoms with Crippen molar-refractivity contribution in [1.29, 1.82) is 0 Å². The number of esters is 1. The number of aryl methyl sites for hydroxylation is 1. The van der Waals surface area contributed by atoms with E-state index in [0.717, 1.165) is 4.90 Å². The van der Waals surface area contributed by atoms with Crippen LogP contribution in [-0.4, -0.2) is 177 Å². The van der Waals surface area contributed by atoms with Gasteiger partial charge in [-0.1, -0.05) is 36.0 Å². The first kappa shape index (κ1) is 43.1. The molecule has 5 atom stereocenters. The molecule has 290 valence electrons. The number of nitrogens with two attached hydrogens (primary N) is 2. The number of tetrazole rings is 1. The normalized spacial score (nSPS) is 19.7. The van der Waals surface area contributed by atoms with Gasteiger partial charge >= 0.3 is 65.3 Å². The number of benzene rings is 1. The molecule has 2 aromatic rings. The Hall–Kier alpha value is -4.59. The number of carbonyl (C=O) groups excluding carboxylic acids is 6. The van der Waals surface area contributed by atoms with Crippen molar-refractivity contribution in [2.75, 3.05) is 37.7 Å². The van der Waals surface area contributed by atoms with Crippen molar-refractivity contribution < 1.29 is 53.3 Å². The number of carboxylic acid groups (broad SMARTS) is 2. The summed E-state index contributed by atoms with van der Waals surface area (Å²) in [6.45, 7) is 1.17. The van der Waals surface area contributed by atoms with Crippen LogP contribution in [0.5, 0.6) is 0 Å². The standard InChI is InChI=1S/C30H35N11O11S2.Na.H/c1-3-39-8-9-40(24(45)23(39)44)29(51)34-18(14-6-4-13(5-7-14)17(32)28(50)52-10-16(31)26(46)47)21(42)33-19-22(43)41-20(27(48)49)15(11-53-25(19)41)12-54-30-35-36-37-38(30)2;;/h4-7,16-19,25H,3,8-12,31-32H2,1-2H3,(H,33,42)(H,34,51)(H,46,47)(H,48,49);;/t16-,17?,18+,19-,25-;;/m1../s1. The molecule has 1 unspecified atom stereocenters. The molecule has 4 heterocycles. The fourth-order valence-electron chi connectivity index (χ4n) is 5.56. The van der Waals surface area contributed by atoms with Gasteiger partial charge in [-0.15, -0.1) is 16.9 Å². The molecular formula is C30H36N11NaO11S2. The molecule has 55 heavy (non-hydrogen) atoms. The predicted molar refractivity (Wildman–Crippen MR) is 192 cm³/mol. The summed E-state index contributed by atoms with van der Waals surface area (Å²) in [5.41, 5.74) is 11.8. The van der Waals surface area contributed by atoms with Gasteiger partial charge in [-0.3, -0.25) is 33.8 Å². The number of nitrogens with one attached hydrogen (secondary N) is 2. The Kier molecular flexibility index (Phi) is 14.4. The minimum atomic E-state index is -1.58. The zero-order valence-corrected chi connectivity index (χ0v) is 30.2. The van der Waals surface area contributed by atoms with Crippen LogP contribution >= 0.6 is 23.5 Å². The van der Waals surface area contributed by atoms with Crippen LogP contribution in [0, 0.1) is 0 Å². The van der Waals surface area contributed by atoms with E-state index in [0.29, 0.717) is 15.6 Å². The van der Waals surface area contributed by atoms with Gasteiger partial charge in [-0.05, 0) is 34.1 Å². The zero-order valence-electron chi connectivity index (χ0n) is 28.6. The molecular weight excluding hydrogens is 778 g/mol. The SMILES string of the molecule is CCN1CCN(C(=O)N[C@H](C(=O)N[C@@H]2C(=O)N3C(C(=O)O)=C(CSc4nnnn4C)CS[C@H]23)c2ccc(C(N)C(=O)OC[C@@H](N)C(=O)O)cc2)C(=O)C1=O.[NaH]. The first-order valence-corrected chi connectivity index (χ1v) is 18.1. The van der Waals surface area contributed by atoms with Crippen LogP contribution in [0.15, 0.2) is 40.7 Å². The third kappa shape index (κ3) is 9.28. The number of hydrogen-bond donors (Lipinski definition) is 6. The molecule has 3 aliphatic heterocycles. The van der Waals surface area contributed by atoms with Crippen molar-refractivity contribution in [2.45, 2.75) is 41.6 Å². The van der Waals surface area contributed by atoms with Gasteiger partial charge in [0.05, 0.1) is 0 Å². The summed E-state index contributed by atoms with van der Waals surface area (Å²) < 4.78 is 6.30. The average Bonchev–Trinajstić information content (AvgIpc) is 3.57. The second-order valence-corrected chi connectivity index (χ2v) is 14.0. The van der Waals surface area contributed by atoms with E-state index in [4.69, 9.17) is 21.3 Å². The minimum absolute atomic E-state index is 0. The van der Waals surface area contributed by atoms with E-state index in [1.54, 1.807) is 14.0 Å². The molecule has 8 N–H and O–H groups in total. The number of piperazine rings is 1. The van der Waals surface area contributed by atoms with Gasteiger partial charge in [0.2, 0.25) is 11.1 Å². The second kappa shape index (κ2) is 18.4. The predicted octanol–water partition coefficient (Wildman–Crippen LogP) is -3.51. The fraction of sp³-hybridized carbons (Fsp3) is 0.433. The molecule has 5 rings (SSSR count). The van der Waals surface area contributed by atoms with Crippen molar-refractivity contribution in [1.82, 2.24) is 45.5 Å². The Morgan fingerprint density at radius 2 is 1.73 bits per heavy atom. The molecule has 3 aliphatic rings. The summed E-state index contributed by atoms with van der Waals surface area (Å²) >= 11 is 2.40. The van der Waals surface area contributed by atoms with Crippen LogP contribution in [0.25, 0.3) is 0 Å². The van der Waals surface area contributed by atoms with E-state index < -0.39 is 83.7 Å². The van der Waals surface area contributed by atoms with E-state index in [1.807, 2.05) is 0 Å².